The van der Waals surface area contributed by atoms with Gasteiger partial charge in [-0.2, -0.15) is 0 Å². The average Bonchev–Trinajstić information content (AvgIpc) is 2.08. The van der Waals surface area contributed by atoms with Crippen molar-refractivity contribution < 1.29 is 9.29 Å². The molecule has 12 heavy (non-hydrogen) atoms. The van der Waals surface area contributed by atoms with Crippen LogP contribution in [0.25, 0.3) is 0 Å². The summed E-state index contributed by atoms with van der Waals surface area (Å²) >= 11 is 0.773. The molecule has 2 nitrogen and oxygen atoms in total. The number of benzene rings is 1. The lowest BCUT2D eigenvalue weighted by Crippen LogP contribution is -1.89. The zero-order valence-electron chi connectivity index (χ0n) is 7.42. The number of methoxy groups -OCH3 is 1. The van der Waals surface area contributed by atoms with Gasteiger partial charge >= 0.3 is 0 Å². The van der Waals surface area contributed by atoms with Gasteiger partial charge in [0.05, 0.1) is 7.11 Å². The van der Waals surface area contributed by atoms with Gasteiger partial charge in [0.1, 0.15) is 5.75 Å². The van der Waals surface area contributed by atoms with E-state index in [2.05, 4.69) is 0 Å². The lowest BCUT2D eigenvalue weighted by atomic mass is 10.1. The SMILES string of the molecule is COc1cc(C)c(SO)cc1C. The van der Waals surface area contributed by atoms with Crippen LogP contribution in [-0.4, -0.2) is 11.7 Å². The number of rotatable bonds is 2. The zero-order valence-corrected chi connectivity index (χ0v) is 8.23. The third-order valence-corrected chi connectivity index (χ3v) is 2.43. The molecule has 0 saturated heterocycles. The van der Waals surface area contributed by atoms with E-state index in [1.807, 2.05) is 26.0 Å². The third kappa shape index (κ3) is 1.73. The largest absolute Gasteiger partial charge is 0.496 e. The maximum absolute atomic E-state index is 8.88. The van der Waals surface area contributed by atoms with Crippen LogP contribution in [0.2, 0.25) is 0 Å². The summed E-state index contributed by atoms with van der Waals surface area (Å²) in [6.07, 6.45) is 0. The monoisotopic (exact) mass is 184 g/mol. The molecule has 0 spiro atoms. The Hall–Kier alpha value is -0.670. The first-order valence-corrected chi connectivity index (χ1v) is 4.43. The van der Waals surface area contributed by atoms with E-state index in [1.54, 1.807) is 7.11 Å². The Morgan fingerprint density at radius 2 is 1.92 bits per heavy atom. The van der Waals surface area contributed by atoms with Crippen molar-refractivity contribution in [1.82, 2.24) is 0 Å². The van der Waals surface area contributed by atoms with Crippen LogP contribution in [0.3, 0.4) is 0 Å². The molecule has 0 radical (unpaired) electrons. The van der Waals surface area contributed by atoms with Crippen molar-refractivity contribution in [2.75, 3.05) is 7.11 Å². The second-order valence-corrected chi connectivity index (χ2v) is 3.30. The minimum Gasteiger partial charge on any atom is -0.496 e. The highest BCUT2D eigenvalue weighted by molar-refractivity contribution is 7.93. The highest BCUT2D eigenvalue weighted by atomic mass is 32.2. The van der Waals surface area contributed by atoms with Gasteiger partial charge in [0.25, 0.3) is 0 Å². The molecule has 0 fully saturated rings. The molecule has 0 aliphatic heterocycles. The molecule has 1 rings (SSSR count). The van der Waals surface area contributed by atoms with Crippen molar-refractivity contribution in [1.29, 1.82) is 0 Å². The first-order valence-electron chi connectivity index (χ1n) is 3.65. The van der Waals surface area contributed by atoms with E-state index >= 15 is 0 Å². The molecule has 0 atom stereocenters. The molecule has 0 aliphatic rings. The standard InChI is InChI=1S/C9H12O2S/c1-6-5-9(12-10)7(2)4-8(6)11-3/h4-5,10H,1-3H3. The Morgan fingerprint density at radius 1 is 1.25 bits per heavy atom. The summed E-state index contributed by atoms with van der Waals surface area (Å²) in [5, 5.41) is 0. The Labute approximate surface area is 76.8 Å². The summed E-state index contributed by atoms with van der Waals surface area (Å²) in [4.78, 5) is 0.883. The molecule has 3 heteroatoms. The maximum atomic E-state index is 8.88. The molecule has 0 unspecified atom stereocenters. The fraction of sp³-hybridized carbons (Fsp3) is 0.333. The second-order valence-electron chi connectivity index (χ2n) is 2.68. The van der Waals surface area contributed by atoms with Gasteiger partial charge in [0.15, 0.2) is 0 Å². The van der Waals surface area contributed by atoms with Crippen molar-refractivity contribution in [2.24, 2.45) is 0 Å². The Morgan fingerprint density at radius 3 is 2.42 bits per heavy atom. The fourth-order valence-electron chi connectivity index (χ4n) is 1.08. The fourth-order valence-corrected chi connectivity index (χ4v) is 1.51. The molecule has 1 aromatic carbocycles. The van der Waals surface area contributed by atoms with Crippen LogP contribution in [0, 0.1) is 13.8 Å². The Kier molecular flexibility index (Phi) is 3.00. The lowest BCUT2D eigenvalue weighted by Gasteiger charge is -2.08. The molecule has 0 aromatic heterocycles. The number of ether oxygens (including phenoxy) is 1. The smallest absolute Gasteiger partial charge is 0.122 e. The van der Waals surface area contributed by atoms with Crippen molar-refractivity contribution in [2.45, 2.75) is 18.7 Å². The van der Waals surface area contributed by atoms with E-state index in [0.717, 1.165) is 33.8 Å². The zero-order chi connectivity index (χ0) is 9.14. The van der Waals surface area contributed by atoms with E-state index in [4.69, 9.17) is 9.29 Å². The number of hydrogen-bond donors (Lipinski definition) is 1. The molecule has 0 amide bonds. The Balaban J connectivity index is 3.16. The van der Waals surface area contributed by atoms with E-state index in [-0.39, 0.29) is 0 Å². The van der Waals surface area contributed by atoms with Crippen LogP contribution in [-0.2, 0) is 0 Å². The van der Waals surface area contributed by atoms with Crippen molar-refractivity contribution in [3.05, 3.63) is 23.3 Å². The Bertz CT molecular complexity index is 254. The van der Waals surface area contributed by atoms with E-state index < -0.39 is 0 Å². The van der Waals surface area contributed by atoms with Gasteiger partial charge in [-0.1, -0.05) is 0 Å². The van der Waals surface area contributed by atoms with Crippen LogP contribution in [0.1, 0.15) is 11.1 Å². The summed E-state index contributed by atoms with van der Waals surface area (Å²) in [7, 11) is 1.65. The van der Waals surface area contributed by atoms with Crippen LogP contribution in [0.15, 0.2) is 17.0 Å². The molecular formula is C9H12O2S. The lowest BCUT2D eigenvalue weighted by molar-refractivity contribution is 0.411. The quantitative estimate of drug-likeness (QED) is 0.717. The van der Waals surface area contributed by atoms with Crippen LogP contribution < -0.4 is 4.74 Å². The van der Waals surface area contributed by atoms with Gasteiger partial charge in [-0.25, -0.2) is 0 Å². The third-order valence-electron chi connectivity index (χ3n) is 1.79. The van der Waals surface area contributed by atoms with Gasteiger partial charge < -0.3 is 9.29 Å². The highest BCUT2D eigenvalue weighted by Crippen LogP contribution is 2.27. The molecule has 0 aliphatic carbocycles. The van der Waals surface area contributed by atoms with Gasteiger partial charge in [-0.05, 0) is 37.1 Å². The van der Waals surface area contributed by atoms with Gasteiger partial charge in [-0.3, -0.25) is 0 Å². The number of hydrogen-bond acceptors (Lipinski definition) is 3. The second kappa shape index (κ2) is 3.83. The molecule has 0 saturated carbocycles. The van der Waals surface area contributed by atoms with Gasteiger partial charge in [-0.15, -0.1) is 0 Å². The van der Waals surface area contributed by atoms with Crippen LogP contribution in [0.5, 0.6) is 5.75 Å². The normalized spacial score (nSPS) is 10.0. The predicted octanol–water partition coefficient (Wildman–Crippen LogP) is 2.88. The van der Waals surface area contributed by atoms with Gasteiger partial charge in [0, 0.05) is 16.9 Å². The summed E-state index contributed by atoms with van der Waals surface area (Å²) in [5.74, 6) is 0.866. The maximum Gasteiger partial charge on any atom is 0.122 e. The molecule has 1 N–H and O–H groups in total. The van der Waals surface area contributed by atoms with Crippen molar-refractivity contribution in [3.63, 3.8) is 0 Å². The summed E-state index contributed by atoms with van der Waals surface area (Å²) in [6, 6.07) is 3.84. The first-order chi connectivity index (χ1) is 5.69. The van der Waals surface area contributed by atoms with E-state index in [0.29, 0.717) is 0 Å². The summed E-state index contributed by atoms with van der Waals surface area (Å²) in [6.45, 7) is 3.90. The predicted molar refractivity (Wildman–Crippen MR) is 51.0 cm³/mol. The van der Waals surface area contributed by atoms with E-state index in [1.165, 1.54) is 0 Å². The molecule has 0 heterocycles. The molecule has 0 bridgehead atoms. The van der Waals surface area contributed by atoms with Crippen LogP contribution >= 0.6 is 12.0 Å². The van der Waals surface area contributed by atoms with Crippen LogP contribution in [0.4, 0.5) is 0 Å². The van der Waals surface area contributed by atoms with Gasteiger partial charge in [0.2, 0.25) is 0 Å². The van der Waals surface area contributed by atoms with Crippen molar-refractivity contribution >= 4 is 12.0 Å². The molecule has 66 valence electrons. The average molecular weight is 184 g/mol. The summed E-state index contributed by atoms with van der Waals surface area (Å²) < 4.78 is 14.0. The number of aryl methyl sites for hydroxylation is 2. The summed E-state index contributed by atoms with van der Waals surface area (Å²) in [5.41, 5.74) is 2.07. The van der Waals surface area contributed by atoms with E-state index in [9.17, 15) is 0 Å². The topological polar surface area (TPSA) is 29.5 Å². The first kappa shape index (κ1) is 9.42. The minimum atomic E-state index is 0.773. The highest BCUT2D eigenvalue weighted by Gasteiger charge is 2.03. The molecular weight excluding hydrogens is 172 g/mol. The van der Waals surface area contributed by atoms with Crippen molar-refractivity contribution in [3.8, 4) is 5.75 Å². The minimum absolute atomic E-state index is 0.773. The molecule has 1 aromatic rings.